The number of aromatic nitrogens is 1. The van der Waals surface area contributed by atoms with Crippen molar-refractivity contribution in [2.24, 2.45) is 18.9 Å². The third kappa shape index (κ3) is 5.25. The van der Waals surface area contributed by atoms with Crippen LogP contribution in [-0.2, 0) is 16.6 Å². The molecule has 8 heteroatoms. The Morgan fingerprint density at radius 2 is 1.73 bits per heavy atom. The number of aryl methyl sites for hydroxylation is 2. The number of carbonyl (C=O) groups is 2. The van der Waals surface area contributed by atoms with Gasteiger partial charge in [0, 0.05) is 47.5 Å². The molecule has 4 atom stereocenters. The predicted molar refractivity (Wildman–Crippen MR) is 170 cm³/mol. The minimum Gasteiger partial charge on any atom is -0.382 e. The number of nitrogens with zero attached hydrogens (tertiary/aromatic N) is 2. The van der Waals surface area contributed by atoms with Gasteiger partial charge in [0.15, 0.2) is 0 Å². The average Bonchev–Trinajstić information content (AvgIpc) is 3.78. The monoisotopic (exact) mass is 594 g/mol. The molecule has 44 heavy (non-hydrogen) atoms. The van der Waals surface area contributed by atoms with Crippen molar-refractivity contribution in [1.82, 2.24) is 9.47 Å². The molecule has 2 aliphatic heterocycles. The van der Waals surface area contributed by atoms with Crippen LogP contribution in [0.15, 0.2) is 72.9 Å². The Morgan fingerprint density at radius 1 is 0.955 bits per heavy atom. The summed E-state index contributed by atoms with van der Waals surface area (Å²) in [6.45, 7) is 2.58. The first-order valence-electron chi connectivity index (χ1n) is 15.8. The van der Waals surface area contributed by atoms with Gasteiger partial charge in [-0.05, 0) is 79.8 Å². The Balaban J connectivity index is 1.27. The summed E-state index contributed by atoms with van der Waals surface area (Å²) >= 11 is 0. The lowest BCUT2D eigenvalue weighted by Gasteiger charge is -2.47. The molecule has 3 aliphatic rings. The molecule has 1 aromatic heterocycles. The van der Waals surface area contributed by atoms with Gasteiger partial charge in [-0.1, -0.05) is 37.1 Å². The van der Waals surface area contributed by atoms with Crippen LogP contribution in [0.25, 0.3) is 10.9 Å². The molecular formula is C36H39FN4O3. The van der Waals surface area contributed by atoms with Gasteiger partial charge in [0.05, 0.1) is 36.8 Å². The van der Waals surface area contributed by atoms with Gasteiger partial charge in [0.2, 0.25) is 5.91 Å². The number of likely N-dealkylation sites (tertiary alicyclic amines) is 1. The van der Waals surface area contributed by atoms with Gasteiger partial charge >= 0.3 is 0 Å². The van der Waals surface area contributed by atoms with Crippen molar-refractivity contribution in [1.29, 1.82) is 0 Å². The number of anilines is 2. The molecular weight excluding hydrogens is 555 g/mol. The number of hydrogen-bond donors (Lipinski definition) is 2. The normalized spacial score (nSPS) is 23.6. The Bertz CT molecular complexity index is 1670. The van der Waals surface area contributed by atoms with E-state index in [0.717, 1.165) is 35.0 Å². The second-order valence-corrected chi connectivity index (χ2v) is 12.7. The topological polar surface area (TPSA) is 75.6 Å². The molecule has 0 radical (unpaired) electrons. The number of ether oxygens (including phenoxy) is 1. The zero-order chi connectivity index (χ0) is 30.4. The van der Waals surface area contributed by atoms with E-state index in [0.29, 0.717) is 36.9 Å². The van der Waals surface area contributed by atoms with Crippen LogP contribution in [0.3, 0.4) is 0 Å². The lowest BCUT2D eigenvalue weighted by Crippen LogP contribution is -2.55. The van der Waals surface area contributed by atoms with Gasteiger partial charge in [0.25, 0.3) is 5.91 Å². The van der Waals surface area contributed by atoms with Gasteiger partial charge in [-0.3, -0.25) is 9.59 Å². The van der Waals surface area contributed by atoms with Gasteiger partial charge in [-0.25, -0.2) is 4.39 Å². The molecule has 228 valence electrons. The fourth-order valence-electron chi connectivity index (χ4n) is 7.60. The Morgan fingerprint density at radius 3 is 2.50 bits per heavy atom. The molecule has 1 aliphatic carbocycles. The van der Waals surface area contributed by atoms with E-state index in [2.05, 4.69) is 10.6 Å². The van der Waals surface area contributed by atoms with E-state index in [4.69, 9.17) is 4.74 Å². The number of piperidine rings is 1. The van der Waals surface area contributed by atoms with Gasteiger partial charge in [0.1, 0.15) is 5.82 Å². The summed E-state index contributed by atoms with van der Waals surface area (Å²) in [4.78, 5) is 30.4. The van der Waals surface area contributed by atoms with Crippen molar-refractivity contribution in [3.05, 3.63) is 95.4 Å². The molecule has 0 bridgehead atoms. The summed E-state index contributed by atoms with van der Waals surface area (Å²) in [6, 6.07) is 20.3. The maximum Gasteiger partial charge on any atom is 0.257 e. The third-order valence-electron chi connectivity index (χ3n) is 9.90. The van der Waals surface area contributed by atoms with E-state index in [1.165, 1.54) is 18.9 Å². The average molecular weight is 595 g/mol. The van der Waals surface area contributed by atoms with Crippen LogP contribution in [-0.4, -0.2) is 46.6 Å². The summed E-state index contributed by atoms with van der Waals surface area (Å²) in [5, 5.41) is 7.83. The summed E-state index contributed by atoms with van der Waals surface area (Å²) in [7, 11) is 1.99. The first-order chi connectivity index (χ1) is 21.4. The summed E-state index contributed by atoms with van der Waals surface area (Å²) in [5.41, 5.74) is 4.29. The Kier molecular flexibility index (Phi) is 7.62. The number of benzene rings is 3. The standard InChI is InChI=1S/C36H39FN4O3/c1-22-6-5-9-30(37)33(22)36(43)41-32-21-44-20-25(32)19-29(35(42)39-28-14-15-31-24(18-28)16-17-40(31)2)34(41)23-10-12-27(13-11-23)38-26-7-3-4-8-26/h5-6,9-18,25-26,29,32,34,38H,3-4,7-8,19-21H2,1-2H3,(H,39,42)/t25-,29-,32+,34-/m0/s1. The van der Waals surface area contributed by atoms with Gasteiger partial charge in [-0.15, -0.1) is 0 Å². The van der Waals surface area contributed by atoms with Crippen LogP contribution < -0.4 is 10.6 Å². The number of rotatable bonds is 6. The fraction of sp³-hybridized carbons (Fsp3) is 0.389. The highest BCUT2D eigenvalue weighted by molar-refractivity contribution is 5.99. The minimum absolute atomic E-state index is 0.0297. The van der Waals surface area contributed by atoms with E-state index in [-0.39, 0.29) is 23.4 Å². The van der Waals surface area contributed by atoms with Gasteiger partial charge in [-0.2, -0.15) is 0 Å². The quantitative estimate of drug-likeness (QED) is 0.256. The molecule has 3 aromatic carbocycles. The van der Waals surface area contributed by atoms with Crippen molar-refractivity contribution in [3.63, 3.8) is 0 Å². The smallest absolute Gasteiger partial charge is 0.257 e. The second kappa shape index (κ2) is 11.7. The van der Waals surface area contributed by atoms with Crippen LogP contribution in [0.5, 0.6) is 0 Å². The summed E-state index contributed by atoms with van der Waals surface area (Å²) in [6.07, 6.45) is 7.36. The van der Waals surface area contributed by atoms with Crippen molar-refractivity contribution in [2.75, 3.05) is 23.8 Å². The molecule has 1 saturated carbocycles. The maximum atomic E-state index is 15.3. The molecule has 0 unspecified atom stereocenters. The number of halogens is 1. The van der Waals surface area contributed by atoms with Crippen molar-refractivity contribution < 1.29 is 18.7 Å². The van der Waals surface area contributed by atoms with Crippen molar-refractivity contribution in [2.45, 2.75) is 57.2 Å². The number of hydrogen-bond acceptors (Lipinski definition) is 4. The molecule has 3 heterocycles. The Labute approximate surface area is 257 Å². The number of amides is 2. The first-order valence-corrected chi connectivity index (χ1v) is 15.8. The molecule has 0 spiro atoms. The second-order valence-electron chi connectivity index (χ2n) is 12.7. The summed E-state index contributed by atoms with van der Waals surface area (Å²) < 4.78 is 23.2. The van der Waals surface area contributed by atoms with Crippen LogP contribution >= 0.6 is 0 Å². The van der Waals surface area contributed by atoms with Crippen LogP contribution in [0.4, 0.5) is 15.8 Å². The molecule has 4 aromatic rings. The molecule has 7 rings (SSSR count). The Hall–Kier alpha value is -4.17. The van der Waals surface area contributed by atoms with E-state index in [9.17, 15) is 9.59 Å². The van der Waals surface area contributed by atoms with E-state index >= 15 is 4.39 Å². The molecule has 2 saturated heterocycles. The highest BCUT2D eigenvalue weighted by Gasteiger charge is 2.51. The fourth-order valence-corrected chi connectivity index (χ4v) is 7.60. The van der Waals surface area contributed by atoms with E-state index in [1.54, 1.807) is 24.0 Å². The summed E-state index contributed by atoms with van der Waals surface area (Å²) in [5.74, 6) is -1.70. The van der Waals surface area contributed by atoms with Crippen LogP contribution in [0.2, 0.25) is 0 Å². The molecule has 7 nitrogen and oxygen atoms in total. The number of fused-ring (bicyclic) bond motifs is 2. The third-order valence-corrected chi connectivity index (χ3v) is 9.90. The molecule has 3 fully saturated rings. The largest absolute Gasteiger partial charge is 0.382 e. The minimum atomic E-state index is -0.592. The predicted octanol–water partition coefficient (Wildman–Crippen LogP) is 6.84. The van der Waals surface area contributed by atoms with E-state index < -0.39 is 23.7 Å². The zero-order valence-electron chi connectivity index (χ0n) is 25.3. The first kappa shape index (κ1) is 28.6. The highest BCUT2D eigenvalue weighted by Crippen LogP contribution is 2.46. The molecule has 2 N–H and O–H groups in total. The SMILES string of the molecule is Cc1cccc(F)c1C(=O)N1[C@@H]2COC[C@@H]2C[C@H](C(=O)Nc2ccc3c(ccn3C)c2)[C@@H]1c1ccc(NC2CCCC2)cc1. The highest BCUT2D eigenvalue weighted by atomic mass is 19.1. The van der Waals surface area contributed by atoms with Crippen LogP contribution in [0.1, 0.15) is 59.6 Å². The molecule has 2 amide bonds. The number of carbonyl (C=O) groups excluding carboxylic acids is 2. The van der Waals surface area contributed by atoms with Gasteiger partial charge < -0.3 is 24.8 Å². The van der Waals surface area contributed by atoms with Crippen LogP contribution in [0, 0.1) is 24.6 Å². The van der Waals surface area contributed by atoms with Crippen molar-refractivity contribution in [3.8, 4) is 0 Å². The maximum absolute atomic E-state index is 15.3. The van der Waals surface area contributed by atoms with Crippen molar-refractivity contribution >= 4 is 34.1 Å². The number of nitrogens with one attached hydrogen (secondary N) is 2. The van der Waals surface area contributed by atoms with E-state index in [1.807, 2.05) is 66.3 Å². The lowest BCUT2D eigenvalue weighted by atomic mass is 9.76. The lowest BCUT2D eigenvalue weighted by molar-refractivity contribution is -0.124. The zero-order valence-corrected chi connectivity index (χ0v) is 25.3.